The van der Waals surface area contributed by atoms with Crippen molar-refractivity contribution in [3.05, 3.63) is 65.5 Å². The van der Waals surface area contributed by atoms with Gasteiger partial charge in [0.25, 0.3) is 0 Å². The van der Waals surface area contributed by atoms with Gasteiger partial charge in [0, 0.05) is 26.2 Å². The molecule has 3 N–H and O–H groups in total. The Labute approximate surface area is 159 Å². The van der Waals surface area contributed by atoms with Crippen molar-refractivity contribution in [2.45, 2.75) is 36.9 Å². The number of aliphatic imine (C=N–C) groups is 1. The smallest absolute Gasteiger partial charge is 0.240 e. The molecule has 0 bridgehead atoms. The number of hydrogen-bond donors (Lipinski definition) is 3. The fourth-order valence-corrected chi connectivity index (χ4v) is 3.82. The summed E-state index contributed by atoms with van der Waals surface area (Å²) in [5, 5.41) is 6.26. The lowest BCUT2D eigenvalue weighted by Crippen LogP contribution is -2.36. The summed E-state index contributed by atoms with van der Waals surface area (Å²) in [7, 11) is -1.78. The number of halogens is 1. The molecule has 0 radical (unpaired) electrons. The molecule has 0 atom stereocenters. The minimum absolute atomic E-state index is 0.0869. The lowest BCUT2D eigenvalue weighted by Gasteiger charge is -2.12. The van der Waals surface area contributed by atoms with Crippen LogP contribution in [-0.4, -0.2) is 27.5 Å². The van der Waals surface area contributed by atoms with Gasteiger partial charge in [0.1, 0.15) is 5.82 Å². The van der Waals surface area contributed by atoms with E-state index in [-0.39, 0.29) is 16.8 Å². The predicted octanol–water partition coefficient (Wildman–Crippen LogP) is 2.13. The Morgan fingerprint density at radius 3 is 2.33 bits per heavy atom. The molecule has 0 spiro atoms. The zero-order chi connectivity index (χ0) is 19.3. The van der Waals surface area contributed by atoms with Gasteiger partial charge in [0.2, 0.25) is 10.0 Å². The molecule has 144 valence electrons. The Balaban J connectivity index is 1.52. The van der Waals surface area contributed by atoms with Gasteiger partial charge in [-0.2, -0.15) is 0 Å². The molecule has 1 fully saturated rings. The summed E-state index contributed by atoms with van der Waals surface area (Å²) in [6.07, 6.45) is 1.81. The highest BCUT2D eigenvalue weighted by Gasteiger charge is 2.27. The van der Waals surface area contributed by atoms with Gasteiger partial charge in [-0.25, -0.2) is 17.5 Å². The standard InChI is InChI=1S/C19H23FN4O2S/c1-21-19(23-13-15-3-2-4-16(20)11-15)22-12-14-5-9-18(10-6-14)27(25,26)24-17-7-8-17/h2-6,9-11,17,24H,7-8,12-13H2,1H3,(H2,21,22,23). The van der Waals surface area contributed by atoms with Crippen LogP contribution in [0.4, 0.5) is 4.39 Å². The van der Waals surface area contributed by atoms with E-state index in [0.29, 0.717) is 19.0 Å². The maximum atomic E-state index is 13.2. The zero-order valence-electron chi connectivity index (χ0n) is 15.1. The second kappa shape index (κ2) is 8.49. The van der Waals surface area contributed by atoms with Crippen LogP contribution >= 0.6 is 0 Å². The van der Waals surface area contributed by atoms with Gasteiger partial charge in [0.15, 0.2) is 5.96 Å². The minimum Gasteiger partial charge on any atom is -0.352 e. The summed E-state index contributed by atoms with van der Waals surface area (Å²) in [4.78, 5) is 4.40. The summed E-state index contributed by atoms with van der Waals surface area (Å²) in [5.74, 6) is 0.301. The fraction of sp³-hybridized carbons (Fsp3) is 0.316. The van der Waals surface area contributed by atoms with Gasteiger partial charge in [-0.15, -0.1) is 0 Å². The molecule has 8 heteroatoms. The lowest BCUT2D eigenvalue weighted by molar-refractivity contribution is 0.581. The third-order valence-electron chi connectivity index (χ3n) is 4.17. The van der Waals surface area contributed by atoms with Gasteiger partial charge >= 0.3 is 0 Å². The van der Waals surface area contributed by atoms with Crippen molar-refractivity contribution in [2.75, 3.05) is 7.05 Å². The third kappa shape index (κ3) is 5.77. The largest absolute Gasteiger partial charge is 0.352 e. The first-order chi connectivity index (χ1) is 13.0. The number of benzene rings is 2. The van der Waals surface area contributed by atoms with E-state index in [4.69, 9.17) is 0 Å². The molecule has 0 aliphatic heterocycles. The van der Waals surface area contributed by atoms with Crippen LogP contribution in [-0.2, 0) is 23.1 Å². The number of nitrogens with one attached hydrogen (secondary N) is 3. The molecule has 0 aromatic heterocycles. The van der Waals surface area contributed by atoms with Crippen LogP contribution in [0, 0.1) is 5.82 Å². The summed E-state index contributed by atoms with van der Waals surface area (Å²) in [5.41, 5.74) is 1.74. The quantitative estimate of drug-likeness (QED) is 0.500. The lowest BCUT2D eigenvalue weighted by atomic mass is 10.2. The van der Waals surface area contributed by atoms with Gasteiger partial charge < -0.3 is 10.6 Å². The number of nitrogens with zero attached hydrogens (tertiary/aromatic N) is 1. The van der Waals surface area contributed by atoms with Crippen molar-refractivity contribution in [1.29, 1.82) is 0 Å². The molecular formula is C19H23FN4O2S. The van der Waals surface area contributed by atoms with Gasteiger partial charge in [-0.1, -0.05) is 24.3 Å². The van der Waals surface area contributed by atoms with Crippen LogP contribution in [0.1, 0.15) is 24.0 Å². The molecule has 2 aromatic rings. The van der Waals surface area contributed by atoms with Crippen molar-refractivity contribution in [3.63, 3.8) is 0 Å². The molecule has 0 amide bonds. The average Bonchev–Trinajstić information content (AvgIpc) is 3.45. The SMILES string of the molecule is CN=C(NCc1ccc(S(=O)(=O)NC2CC2)cc1)NCc1cccc(F)c1. The van der Waals surface area contributed by atoms with Crippen LogP contribution in [0.25, 0.3) is 0 Å². The normalized spacial score (nSPS) is 14.8. The highest BCUT2D eigenvalue weighted by Crippen LogP contribution is 2.22. The van der Waals surface area contributed by atoms with Crippen LogP contribution < -0.4 is 15.4 Å². The average molecular weight is 390 g/mol. The first-order valence-electron chi connectivity index (χ1n) is 8.76. The molecule has 0 unspecified atom stereocenters. The Morgan fingerprint density at radius 2 is 1.74 bits per heavy atom. The van der Waals surface area contributed by atoms with Crippen LogP contribution in [0.5, 0.6) is 0 Å². The summed E-state index contributed by atoms with van der Waals surface area (Å²) in [6, 6.07) is 13.2. The number of sulfonamides is 1. The highest BCUT2D eigenvalue weighted by molar-refractivity contribution is 7.89. The first kappa shape index (κ1) is 19.3. The zero-order valence-corrected chi connectivity index (χ0v) is 15.9. The van der Waals surface area contributed by atoms with E-state index in [1.807, 2.05) is 6.07 Å². The van der Waals surface area contributed by atoms with Crippen LogP contribution in [0.2, 0.25) is 0 Å². The topological polar surface area (TPSA) is 82.6 Å². The van der Waals surface area contributed by atoms with Crippen molar-refractivity contribution < 1.29 is 12.8 Å². The van der Waals surface area contributed by atoms with Crippen LogP contribution in [0.3, 0.4) is 0 Å². The van der Waals surface area contributed by atoms with Crippen molar-refractivity contribution in [3.8, 4) is 0 Å². The van der Waals surface area contributed by atoms with Crippen molar-refractivity contribution in [2.24, 2.45) is 4.99 Å². The number of guanidine groups is 1. The summed E-state index contributed by atoms with van der Waals surface area (Å²) >= 11 is 0. The van der Waals surface area contributed by atoms with Gasteiger partial charge in [-0.05, 0) is 48.2 Å². The number of hydrogen-bond acceptors (Lipinski definition) is 3. The van der Waals surface area contributed by atoms with E-state index in [1.165, 1.54) is 12.1 Å². The Hall–Kier alpha value is -2.45. The van der Waals surface area contributed by atoms with Crippen molar-refractivity contribution in [1.82, 2.24) is 15.4 Å². The minimum atomic E-state index is -3.43. The molecular weight excluding hydrogens is 367 g/mol. The van der Waals surface area contributed by atoms with Crippen molar-refractivity contribution >= 4 is 16.0 Å². The van der Waals surface area contributed by atoms with E-state index in [9.17, 15) is 12.8 Å². The molecule has 1 saturated carbocycles. The molecule has 3 rings (SSSR count). The Kier molecular flexibility index (Phi) is 6.08. The van der Waals surface area contributed by atoms with Crippen LogP contribution in [0.15, 0.2) is 58.4 Å². The first-order valence-corrected chi connectivity index (χ1v) is 10.2. The molecule has 0 saturated heterocycles. The molecule has 1 aliphatic carbocycles. The summed E-state index contributed by atoms with van der Waals surface area (Å²) in [6.45, 7) is 0.931. The van der Waals surface area contributed by atoms with Gasteiger partial charge in [0.05, 0.1) is 4.90 Å². The summed E-state index contributed by atoms with van der Waals surface area (Å²) < 4.78 is 40.2. The maximum absolute atomic E-state index is 13.2. The Bertz CT molecular complexity index is 910. The molecule has 6 nitrogen and oxygen atoms in total. The second-order valence-corrected chi connectivity index (χ2v) is 8.16. The van der Waals surface area contributed by atoms with E-state index in [0.717, 1.165) is 24.0 Å². The molecule has 2 aromatic carbocycles. The highest BCUT2D eigenvalue weighted by atomic mass is 32.2. The van der Waals surface area contributed by atoms with E-state index >= 15 is 0 Å². The van der Waals surface area contributed by atoms with Gasteiger partial charge in [-0.3, -0.25) is 4.99 Å². The van der Waals surface area contributed by atoms with E-state index < -0.39 is 10.0 Å². The maximum Gasteiger partial charge on any atom is 0.240 e. The molecule has 0 heterocycles. The predicted molar refractivity (Wildman–Crippen MR) is 103 cm³/mol. The molecule has 27 heavy (non-hydrogen) atoms. The monoisotopic (exact) mass is 390 g/mol. The van der Waals surface area contributed by atoms with E-state index in [2.05, 4.69) is 20.3 Å². The van der Waals surface area contributed by atoms with E-state index in [1.54, 1.807) is 37.4 Å². The Morgan fingerprint density at radius 1 is 1.07 bits per heavy atom. The molecule has 1 aliphatic rings. The second-order valence-electron chi connectivity index (χ2n) is 6.45. The number of rotatable bonds is 7. The third-order valence-corrected chi connectivity index (χ3v) is 5.70. The fourth-order valence-electron chi connectivity index (χ4n) is 2.51.